The van der Waals surface area contributed by atoms with Gasteiger partial charge in [-0.05, 0) is 30.7 Å². The highest BCUT2D eigenvalue weighted by Crippen LogP contribution is 2.32. The summed E-state index contributed by atoms with van der Waals surface area (Å²) in [7, 11) is 1.51. The van der Waals surface area contributed by atoms with Gasteiger partial charge in [-0.1, -0.05) is 35.5 Å². The van der Waals surface area contributed by atoms with Gasteiger partial charge < -0.3 is 10.1 Å². The van der Waals surface area contributed by atoms with Gasteiger partial charge in [0.2, 0.25) is 5.91 Å². The number of benzene rings is 2. The third kappa shape index (κ3) is 4.43. The van der Waals surface area contributed by atoms with Crippen LogP contribution in [0.5, 0.6) is 5.75 Å². The average Bonchev–Trinajstić information content (AvgIpc) is 3.27. The lowest BCUT2D eigenvalue weighted by atomic mass is 10.2. The van der Waals surface area contributed by atoms with Gasteiger partial charge in [-0.3, -0.25) is 14.2 Å². The first-order valence-electron chi connectivity index (χ1n) is 9.16. The Morgan fingerprint density at radius 1 is 1.32 bits per heavy atom. The molecule has 31 heavy (non-hydrogen) atoms. The number of hydrogen-bond acceptors (Lipinski definition) is 7. The number of para-hydroxylation sites is 1. The molecule has 0 aliphatic carbocycles. The Morgan fingerprint density at radius 3 is 2.87 bits per heavy atom. The zero-order valence-corrected chi connectivity index (χ0v) is 19.0. The summed E-state index contributed by atoms with van der Waals surface area (Å²) in [5.41, 5.74) is 1.59. The number of carbonyl (C=O) groups is 1. The maximum absolute atomic E-state index is 13.4. The van der Waals surface area contributed by atoms with Crippen LogP contribution in [-0.4, -0.2) is 33.3 Å². The van der Waals surface area contributed by atoms with Crippen LogP contribution in [0.25, 0.3) is 16.6 Å². The van der Waals surface area contributed by atoms with Gasteiger partial charge in [0.15, 0.2) is 10.3 Å². The molecule has 2 heterocycles. The van der Waals surface area contributed by atoms with E-state index >= 15 is 0 Å². The first-order valence-corrected chi connectivity index (χ1v) is 11.4. The second-order valence-electron chi connectivity index (χ2n) is 6.50. The molecule has 0 radical (unpaired) electrons. The standard InChI is InChI=1S/C21H17ClN4O3S2/c1-12-9-16(17(29-2)10-14(12)22)26-19(28)13-5-3-4-6-15(13)24-21(26)31-11-18(27)25-20-23-7-8-30-20/h3-10H,11H2,1-2H3,(H,23,25,27). The molecule has 0 atom stereocenters. The smallest absolute Gasteiger partial charge is 0.266 e. The van der Waals surface area contributed by atoms with Crippen molar-refractivity contribution in [3.8, 4) is 11.4 Å². The van der Waals surface area contributed by atoms with Crippen LogP contribution >= 0.6 is 34.7 Å². The summed E-state index contributed by atoms with van der Waals surface area (Å²) in [5, 5.41) is 6.40. The first kappa shape index (κ1) is 21.4. The first-order chi connectivity index (χ1) is 15.0. The van der Waals surface area contributed by atoms with E-state index in [4.69, 9.17) is 16.3 Å². The van der Waals surface area contributed by atoms with Crippen LogP contribution in [0.2, 0.25) is 5.02 Å². The third-order valence-electron chi connectivity index (χ3n) is 4.46. The fraction of sp³-hybridized carbons (Fsp3) is 0.143. The van der Waals surface area contributed by atoms with Crippen molar-refractivity contribution in [2.75, 3.05) is 18.2 Å². The second-order valence-corrected chi connectivity index (χ2v) is 8.74. The lowest BCUT2D eigenvalue weighted by Gasteiger charge is -2.17. The number of aryl methyl sites for hydroxylation is 1. The number of aromatic nitrogens is 3. The van der Waals surface area contributed by atoms with Crippen molar-refractivity contribution in [3.05, 3.63) is 68.9 Å². The quantitative estimate of drug-likeness (QED) is 0.327. The molecule has 0 saturated heterocycles. The number of thioether (sulfide) groups is 1. The van der Waals surface area contributed by atoms with Crippen molar-refractivity contribution in [2.45, 2.75) is 12.1 Å². The van der Waals surface area contributed by atoms with Gasteiger partial charge in [0, 0.05) is 22.7 Å². The Morgan fingerprint density at radius 2 is 2.13 bits per heavy atom. The fourth-order valence-corrected chi connectivity index (χ4v) is 4.48. The van der Waals surface area contributed by atoms with Gasteiger partial charge in [0.25, 0.3) is 5.56 Å². The number of thiazole rings is 1. The van der Waals surface area contributed by atoms with Crippen LogP contribution in [0.4, 0.5) is 5.13 Å². The molecule has 0 spiro atoms. The number of nitrogens with one attached hydrogen (secondary N) is 1. The van der Waals surface area contributed by atoms with Crippen molar-refractivity contribution in [2.24, 2.45) is 0 Å². The van der Waals surface area contributed by atoms with Gasteiger partial charge in [-0.15, -0.1) is 11.3 Å². The number of hydrogen-bond donors (Lipinski definition) is 1. The minimum Gasteiger partial charge on any atom is -0.495 e. The lowest BCUT2D eigenvalue weighted by molar-refractivity contribution is -0.113. The largest absolute Gasteiger partial charge is 0.495 e. The van der Waals surface area contributed by atoms with Crippen LogP contribution < -0.4 is 15.6 Å². The molecular weight excluding hydrogens is 456 g/mol. The molecule has 0 unspecified atom stereocenters. The van der Waals surface area contributed by atoms with E-state index < -0.39 is 0 Å². The van der Waals surface area contributed by atoms with E-state index in [-0.39, 0.29) is 17.2 Å². The molecule has 4 aromatic rings. The Kier molecular flexibility index (Phi) is 6.26. The summed E-state index contributed by atoms with van der Waals surface area (Å²) in [6.45, 7) is 1.85. The number of fused-ring (bicyclic) bond motifs is 1. The molecule has 0 bridgehead atoms. The average molecular weight is 473 g/mol. The summed E-state index contributed by atoms with van der Waals surface area (Å²) in [5.74, 6) is 0.247. The van der Waals surface area contributed by atoms with E-state index in [1.807, 2.05) is 13.0 Å². The van der Waals surface area contributed by atoms with Crippen LogP contribution in [0.3, 0.4) is 0 Å². The number of rotatable bonds is 6. The number of halogens is 1. The second kappa shape index (κ2) is 9.09. The number of methoxy groups -OCH3 is 1. The molecular formula is C21H17ClN4O3S2. The van der Waals surface area contributed by atoms with E-state index in [1.54, 1.807) is 41.9 Å². The van der Waals surface area contributed by atoms with Crippen molar-refractivity contribution in [3.63, 3.8) is 0 Å². The Hall–Kier alpha value is -2.88. The molecule has 2 aromatic heterocycles. The fourth-order valence-electron chi connectivity index (χ4n) is 2.98. The van der Waals surface area contributed by atoms with E-state index in [0.29, 0.717) is 37.7 Å². The van der Waals surface area contributed by atoms with Crippen molar-refractivity contribution in [1.82, 2.24) is 14.5 Å². The molecule has 4 rings (SSSR count). The number of carbonyl (C=O) groups excluding carboxylic acids is 1. The van der Waals surface area contributed by atoms with Gasteiger partial charge in [-0.25, -0.2) is 9.97 Å². The lowest BCUT2D eigenvalue weighted by Crippen LogP contribution is -2.23. The zero-order chi connectivity index (χ0) is 22.0. The van der Waals surface area contributed by atoms with Gasteiger partial charge in [0.05, 0.1) is 29.5 Å². The molecule has 1 amide bonds. The Labute approximate surface area is 191 Å². The predicted molar refractivity (Wildman–Crippen MR) is 125 cm³/mol. The van der Waals surface area contributed by atoms with E-state index in [0.717, 1.165) is 17.3 Å². The summed E-state index contributed by atoms with van der Waals surface area (Å²) in [6, 6.07) is 10.5. The summed E-state index contributed by atoms with van der Waals surface area (Å²) in [4.78, 5) is 34.5. The topological polar surface area (TPSA) is 86.1 Å². The molecule has 0 saturated carbocycles. The molecule has 158 valence electrons. The van der Waals surface area contributed by atoms with Crippen molar-refractivity contribution in [1.29, 1.82) is 0 Å². The number of anilines is 1. The number of amides is 1. The summed E-state index contributed by atoms with van der Waals surface area (Å²) < 4.78 is 6.95. The molecule has 0 aliphatic heterocycles. The SMILES string of the molecule is COc1cc(Cl)c(C)cc1-n1c(SCC(=O)Nc2nccs2)nc2ccccc2c1=O. The maximum atomic E-state index is 13.4. The Balaban J connectivity index is 1.80. The number of nitrogens with zero attached hydrogens (tertiary/aromatic N) is 3. The summed E-state index contributed by atoms with van der Waals surface area (Å²) >= 11 is 8.74. The van der Waals surface area contributed by atoms with Crippen LogP contribution in [0.15, 0.2) is 57.9 Å². The molecule has 1 N–H and O–H groups in total. The van der Waals surface area contributed by atoms with Gasteiger partial charge in [0.1, 0.15) is 5.75 Å². The van der Waals surface area contributed by atoms with Crippen molar-refractivity contribution >= 4 is 56.6 Å². The highest BCUT2D eigenvalue weighted by atomic mass is 35.5. The van der Waals surface area contributed by atoms with E-state index in [2.05, 4.69) is 15.3 Å². The van der Waals surface area contributed by atoms with Crippen LogP contribution in [0, 0.1) is 6.92 Å². The van der Waals surface area contributed by atoms with Crippen molar-refractivity contribution < 1.29 is 9.53 Å². The molecule has 0 fully saturated rings. The molecule has 0 aliphatic rings. The predicted octanol–water partition coefficient (Wildman–Crippen LogP) is 4.54. The van der Waals surface area contributed by atoms with Crippen LogP contribution in [-0.2, 0) is 4.79 Å². The minimum atomic E-state index is -0.256. The Bertz CT molecular complexity index is 1320. The maximum Gasteiger partial charge on any atom is 0.266 e. The molecule has 7 nitrogen and oxygen atoms in total. The highest BCUT2D eigenvalue weighted by Gasteiger charge is 2.19. The van der Waals surface area contributed by atoms with Crippen LogP contribution in [0.1, 0.15) is 5.56 Å². The summed E-state index contributed by atoms with van der Waals surface area (Å²) in [6.07, 6.45) is 1.62. The van der Waals surface area contributed by atoms with Gasteiger partial charge >= 0.3 is 0 Å². The van der Waals surface area contributed by atoms with E-state index in [1.165, 1.54) is 23.0 Å². The van der Waals surface area contributed by atoms with Gasteiger partial charge in [-0.2, -0.15) is 0 Å². The molecule has 2 aromatic carbocycles. The third-order valence-corrected chi connectivity index (χ3v) is 6.49. The normalized spacial score (nSPS) is 10.9. The molecule has 10 heteroatoms. The monoisotopic (exact) mass is 472 g/mol. The number of ether oxygens (including phenoxy) is 1. The minimum absolute atomic E-state index is 0.0548. The van der Waals surface area contributed by atoms with E-state index in [9.17, 15) is 9.59 Å². The zero-order valence-electron chi connectivity index (χ0n) is 16.6. The highest BCUT2D eigenvalue weighted by molar-refractivity contribution is 7.99.